The van der Waals surface area contributed by atoms with Crippen LogP contribution in [0.2, 0.25) is 0 Å². The topological polar surface area (TPSA) is 29.1 Å². The van der Waals surface area contributed by atoms with Crippen molar-refractivity contribution in [2.24, 2.45) is 0 Å². The van der Waals surface area contributed by atoms with Gasteiger partial charge < -0.3 is 5.32 Å². The molecule has 0 heterocycles. The summed E-state index contributed by atoms with van der Waals surface area (Å²) in [5.41, 5.74) is -0.814. The van der Waals surface area contributed by atoms with Crippen LogP contribution in [0.1, 0.15) is 57.6 Å². The molecule has 0 saturated heterocycles. The highest BCUT2D eigenvalue weighted by Gasteiger charge is 2.52. The molecule has 1 unspecified atom stereocenters. The number of rotatable bonds is 6. The van der Waals surface area contributed by atoms with E-state index in [0.29, 0.717) is 12.8 Å². The van der Waals surface area contributed by atoms with E-state index >= 15 is 0 Å². The van der Waals surface area contributed by atoms with Gasteiger partial charge in [-0.2, -0.15) is 13.2 Å². The molecule has 0 aromatic heterocycles. The smallest absolute Gasteiger partial charge is 0.326 e. The van der Waals surface area contributed by atoms with Gasteiger partial charge in [0.05, 0.1) is 5.41 Å². The van der Waals surface area contributed by atoms with Gasteiger partial charge in [-0.3, -0.25) is 4.79 Å². The van der Waals surface area contributed by atoms with Crippen LogP contribution in [-0.4, -0.2) is 12.1 Å². The number of halogens is 3. The Morgan fingerprint density at radius 2 is 1.86 bits per heavy atom. The van der Waals surface area contributed by atoms with E-state index in [9.17, 15) is 18.0 Å². The van der Waals surface area contributed by atoms with Crippen LogP contribution in [-0.2, 0) is 10.2 Å². The maximum atomic E-state index is 13.7. The molecule has 0 aliphatic carbocycles. The minimum atomic E-state index is -4.37. The summed E-state index contributed by atoms with van der Waals surface area (Å²) < 4.78 is 41.2. The first kappa shape index (κ1) is 18.5. The van der Waals surface area contributed by atoms with Crippen molar-refractivity contribution in [3.63, 3.8) is 0 Å². The van der Waals surface area contributed by atoms with Crippen molar-refractivity contribution >= 4 is 11.6 Å². The molecule has 0 aliphatic rings. The third-order valence-electron chi connectivity index (χ3n) is 4.02. The Balaban J connectivity index is 3.39. The second-order valence-electron chi connectivity index (χ2n) is 5.88. The first-order valence-corrected chi connectivity index (χ1v) is 7.63. The lowest BCUT2D eigenvalue weighted by atomic mass is 9.76. The molecule has 1 amide bonds. The lowest BCUT2D eigenvalue weighted by Crippen LogP contribution is -2.40. The molecule has 2 nitrogen and oxygen atoms in total. The van der Waals surface area contributed by atoms with Crippen LogP contribution in [0, 0.1) is 6.92 Å². The van der Waals surface area contributed by atoms with Crippen molar-refractivity contribution in [3.05, 3.63) is 29.3 Å². The fourth-order valence-electron chi connectivity index (χ4n) is 2.42. The van der Waals surface area contributed by atoms with Gasteiger partial charge in [0.2, 0.25) is 5.91 Å². The lowest BCUT2D eigenvalue weighted by Gasteiger charge is -2.34. The highest BCUT2D eigenvalue weighted by Crippen LogP contribution is 2.47. The number of carbonyl (C=O) groups is 1. The number of hydrogen-bond donors (Lipinski definition) is 1. The van der Waals surface area contributed by atoms with Gasteiger partial charge in [-0.15, -0.1) is 0 Å². The summed E-state index contributed by atoms with van der Waals surface area (Å²) in [5, 5.41) is 2.60. The summed E-state index contributed by atoms with van der Waals surface area (Å²) in [6, 6.07) is 4.81. The van der Waals surface area contributed by atoms with Gasteiger partial charge >= 0.3 is 6.18 Å². The van der Waals surface area contributed by atoms with E-state index in [1.165, 1.54) is 13.0 Å². The molecule has 1 aromatic rings. The molecule has 0 saturated carbocycles. The highest BCUT2D eigenvalue weighted by atomic mass is 19.4. The fraction of sp³-hybridized carbons (Fsp3) is 0.588. The molecule has 0 bridgehead atoms. The largest absolute Gasteiger partial charge is 0.398 e. The van der Waals surface area contributed by atoms with Gasteiger partial charge in [-0.05, 0) is 31.9 Å². The van der Waals surface area contributed by atoms with E-state index < -0.39 is 11.6 Å². The molecular weight excluding hydrogens is 291 g/mol. The predicted molar refractivity (Wildman–Crippen MR) is 83.0 cm³/mol. The van der Waals surface area contributed by atoms with E-state index in [2.05, 4.69) is 5.32 Å². The first-order valence-electron chi connectivity index (χ1n) is 7.63. The third kappa shape index (κ3) is 4.02. The lowest BCUT2D eigenvalue weighted by molar-refractivity contribution is -0.187. The van der Waals surface area contributed by atoms with E-state index in [1.807, 2.05) is 6.92 Å². The summed E-state index contributed by atoms with van der Waals surface area (Å²) in [6.07, 6.45) is -2.97. The molecule has 124 valence electrons. The van der Waals surface area contributed by atoms with Crippen molar-refractivity contribution in [1.82, 2.24) is 0 Å². The minimum Gasteiger partial charge on any atom is -0.326 e. The van der Waals surface area contributed by atoms with Crippen LogP contribution in [0.3, 0.4) is 0 Å². The minimum absolute atomic E-state index is 0.00541. The third-order valence-corrected chi connectivity index (χ3v) is 4.02. The van der Waals surface area contributed by atoms with Gasteiger partial charge in [-0.25, -0.2) is 0 Å². The first-order chi connectivity index (χ1) is 10.2. The molecule has 0 fully saturated rings. The van der Waals surface area contributed by atoms with E-state index in [1.54, 1.807) is 26.0 Å². The summed E-state index contributed by atoms with van der Waals surface area (Å²) >= 11 is 0. The second kappa shape index (κ2) is 7.16. The van der Waals surface area contributed by atoms with Gasteiger partial charge in [-0.1, -0.05) is 44.4 Å². The SMILES string of the molecule is CCCCC(C)(c1cc(C)ccc1NC(=O)CC)C(F)(F)F. The Morgan fingerprint density at radius 3 is 2.36 bits per heavy atom. The Morgan fingerprint density at radius 1 is 1.23 bits per heavy atom. The van der Waals surface area contributed by atoms with Crippen molar-refractivity contribution < 1.29 is 18.0 Å². The van der Waals surface area contributed by atoms with Crippen LogP contribution < -0.4 is 5.32 Å². The van der Waals surface area contributed by atoms with Crippen LogP contribution in [0.15, 0.2) is 18.2 Å². The summed E-state index contributed by atoms with van der Waals surface area (Å²) in [5.74, 6) is -0.287. The van der Waals surface area contributed by atoms with E-state index in [4.69, 9.17) is 0 Å². The molecule has 0 radical (unpaired) electrons. The molecule has 1 N–H and O–H groups in total. The monoisotopic (exact) mass is 315 g/mol. The van der Waals surface area contributed by atoms with Gasteiger partial charge in [0, 0.05) is 12.1 Å². The van der Waals surface area contributed by atoms with Crippen LogP contribution in [0.25, 0.3) is 0 Å². The second-order valence-corrected chi connectivity index (χ2v) is 5.88. The number of hydrogen-bond acceptors (Lipinski definition) is 1. The summed E-state index contributed by atoms with van der Waals surface area (Å²) in [6.45, 7) is 6.51. The Bertz CT molecular complexity index is 525. The normalized spacial score (nSPS) is 14.5. The van der Waals surface area contributed by atoms with Crippen LogP contribution in [0.5, 0.6) is 0 Å². The Kier molecular flexibility index (Phi) is 6.03. The Hall–Kier alpha value is -1.52. The number of benzene rings is 1. The fourth-order valence-corrected chi connectivity index (χ4v) is 2.42. The molecule has 22 heavy (non-hydrogen) atoms. The number of unbranched alkanes of at least 4 members (excludes halogenated alkanes) is 1. The average Bonchev–Trinajstić information content (AvgIpc) is 2.45. The van der Waals surface area contributed by atoms with Gasteiger partial charge in [0.1, 0.15) is 0 Å². The van der Waals surface area contributed by atoms with Crippen molar-refractivity contribution in [3.8, 4) is 0 Å². The quantitative estimate of drug-likeness (QED) is 0.753. The van der Waals surface area contributed by atoms with E-state index in [-0.39, 0.29) is 30.0 Å². The number of anilines is 1. The molecule has 0 aliphatic heterocycles. The number of nitrogens with one attached hydrogen (secondary N) is 1. The van der Waals surface area contributed by atoms with Crippen molar-refractivity contribution in [2.75, 3.05) is 5.32 Å². The van der Waals surface area contributed by atoms with Gasteiger partial charge in [0.15, 0.2) is 0 Å². The van der Waals surface area contributed by atoms with Crippen LogP contribution in [0.4, 0.5) is 18.9 Å². The molecule has 1 aromatic carbocycles. The summed E-state index contributed by atoms with van der Waals surface area (Å²) in [4.78, 5) is 11.6. The zero-order chi connectivity index (χ0) is 17.0. The number of carbonyl (C=O) groups excluding carboxylic acids is 1. The van der Waals surface area contributed by atoms with Gasteiger partial charge in [0.25, 0.3) is 0 Å². The molecule has 1 atom stereocenters. The average molecular weight is 315 g/mol. The van der Waals surface area contributed by atoms with Crippen molar-refractivity contribution in [1.29, 1.82) is 0 Å². The molecule has 1 rings (SSSR count). The van der Waals surface area contributed by atoms with E-state index in [0.717, 1.165) is 5.56 Å². The standard InChI is InChI=1S/C17H24F3NO/c1-5-7-10-16(4,17(18,19)20)13-11-12(3)8-9-14(13)21-15(22)6-2/h8-9,11H,5-7,10H2,1-4H3,(H,21,22). The maximum Gasteiger partial charge on any atom is 0.398 e. The maximum absolute atomic E-state index is 13.7. The predicted octanol–water partition coefficient (Wildman–Crippen LogP) is 5.35. The molecular formula is C17H24F3NO. The highest BCUT2D eigenvalue weighted by molar-refractivity contribution is 5.91. The number of alkyl halides is 3. The molecule has 0 spiro atoms. The zero-order valence-electron chi connectivity index (χ0n) is 13.6. The number of amides is 1. The molecule has 5 heteroatoms. The Labute approximate surface area is 130 Å². The summed E-state index contributed by atoms with van der Waals surface area (Å²) in [7, 11) is 0. The van der Waals surface area contributed by atoms with Crippen LogP contribution >= 0.6 is 0 Å². The number of aryl methyl sites for hydroxylation is 1. The zero-order valence-corrected chi connectivity index (χ0v) is 13.6. The van der Waals surface area contributed by atoms with Crippen molar-refractivity contribution in [2.45, 2.75) is 65.0 Å².